The lowest BCUT2D eigenvalue weighted by molar-refractivity contribution is -0.390. The summed E-state index contributed by atoms with van der Waals surface area (Å²) < 4.78 is 37.8. The minimum atomic E-state index is -2.44. The third-order valence-electron chi connectivity index (χ3n) is 8.28. The summed E-state index contributed by atoms with van der Waals surface area (Å²) in [4.78, 5) is 0. The smallest absolute Gasteiger partial charge is 0.224 e. The van der Waals surface area contributed by atoms with Gasteiger partial charge >= 0.3 is 0 Å². The monoisotopic (exact) mass is 666 g/mol. The summed E-state index contributed by atoms with van der Waals surface area (Å²) in [6, 6.07) is 0. The maximum absolute atomic E-state index is 10.9. The highest BCUT2D eigenvalue weighted by atomic mass is 16.8. The van der Waals surface area contributed by atoms with E-state index in [1.807, 2.05) is 0 Å². The maximum atomic E-state index is 10.9. The van der Waals surface area contributed by atoms with Crippen LogP contribution in [0, 0.1) is 0 Å². The molecule has 4 rings (SSSR count). The highest BCUT2D eigenvalue weighted by Crippen LogP contribution is 2.36. The number of aliphatic hydroxyl groups excluding tert-OH is 14. The van der Waals surface area contributed by atoms with Crippen molar-refractivity contribution in [1.82, 2.24) is 0 Å². The topological polar surface area (TPSA) is 348 Å². The third-order valence-corrected chi connectivity index (χ3v) is 8.28. The second kappa shape index (κ2) is 15.1. The first-order valence-electron chi connectivity index (χ1n) is 14.1. The minimum Gasteiger partial charge on any atom is -0.394 e. The molecular weight excluding hydrogens is 624 g/mol. The van der Waals surface area contributed by atoms with Crippen molar-refractivity contribution in [1.29, 1.82) is 0 Å². The summed E-state index contributed by atoms with van der Waals surface area (Å²) in [6.07, 6.45) is -31.9. The number of hydrogen-bond donors (Lipinski definition) is 14. The van der Waals surface area contributed by atoms with Gasteiger partial charge in [-0.05, 0) is 0 Å². The Bertz CT molecular complexity index is 931. The summed E-state index contributed by atoms with van der Waals surface area (Å²) in [7, 11) is 0. The zero-order chi connectivity index (χ0) is 33.4. The van der Waals surface area contributed by atoms with Crippen molar-refractivity contribution < 1.29 is 105 Å². The quantitative estimate of drug-likeness (QED) is 0.0973. The summed E-state index contributed by atoms with van der Waals surface area (Å²) in [5, 5.41) is 142. The van der Waals surface area contributed by atoms with Crippen molar-refractivity contribution in [2.45, 2.75) is 116 Å². The van der Waals surface area contributed by atoms with Crippen molar-refractivity contribution in [2.24, 2.45) is 0 Å². The minimum absolute atomic E-state index is 0.759. The SMILES string of the molecule is OC[C@H]1O[C@H](OC[C@H]2O[C@H](O[C@]3(CO)O[C@H](CO)[C@@H](O)[C@@H]3O)[C@H](O)[C@@H](O)[C@@H]2O)[C@H](O)[C@@H](O[C@H]2O[C@H](CO)[C@@H](O)[C@H](O)[C@H]2O)[C@H]1O. The molecule has 4 fully saturated rings. The Labute approximate surface area is 254 Å². The largest absolute Gasteiger partial charge is 0.394 e. The second-order valence-electron chi connectivity index (χ2n) is 11.2. The molecule has 0 aromatic heterocycles. The Morgan fingerprint density at radius 3 is 1.56 bits per heavy atom. The molecule has 0 spiro atoms. The van der Waals surface area contributed by atoms with Gasteiger partial charge in [0.2, 0.25) is 5.79 Å². The van der Waals surface area contributed by atoms with Crippen LogP contribution in [-0.2, 0) is 33.2 Å². The molecule has 0 aromatic carbocycles. The van der Waals surface area contributed by atoms with E-state index in [0.29, 0.717) is 0 Å². The Hall–Kier alpha value is -0.840. The molecule has 264 valence electrons. The lowest BCUT2D eigenvalue weighted by atomic mass is 9.96. The van der Waals surface area contributed by atoms with Crippen molar-refractivity contribution in [3.63, 3.8) is 0 Å². The molecule has 4 heterocycles. The van der Waals surface area contributed by atoms with Crippen LogP contribution in [0.15, 0.2) is 0 Å². The van der Waals surface area contributed by atoms with Gasteiger partial charge in [-0.3, -0.25) is 0 Å². The fourth-order valence-corrected chi connectivity index (χ4v) is 5.49. The van der Waals surface area contributed by atoms with Crippen LogP contribution in [0.5, 0.6) is 0 Å². The molecule has 21 nitrogen and oxygen atoms in total. The Balaban J connectivity index is 1.45. The molecule has 4 aliphatic heterocycles. The zero-order valence-corrected chi connectivity index (χ0v) is 23.5. The molecule has 0 bridgehead atoms. The first-order valence-corrected chi connectivity index (χ1v) is 14.1. The van der Waals surface area contributed by atoms with E-state index in [4.69, 9.17) is 33.2 Å². The van der Waals surface area contributed by atoms with E-state index in [0.717, 1.165) is 0 Å². The van der Waals surface area contributed by atoms with Gasteiger partial charge in [0, 0.05) is 0 Å². The lowest BCUT2D eigenvalue weighted by Gasteiger charge is -2.46. The van der Waals surface area contributed by atoms with Crippen LogP contribution in [0.2, 0.25) is 0 Å². The molecule has 14 N–H and O–H groups in total. The van der Waals surface area contributed by atoms with E-state index in [9.17, 15) is 71.5 Å². The van der Waals surface area contributed by atoms with Crippen molar-refractivity contribution in [3.8, 4) is 0 Å². The standard InChI is InChI=1S/C24H42O21/c25-1-6-10(29)14(33)16(35)22(41-6)43-19-12(31)7(2-26)40-21(18(19)37)39-4-9-11(30)15(34)17(36)23(42-9)45-24(5-28)20(38)13(32)8(3-27)44-24/h6-23,25-38H,1-5H2/t6-,7-,8-,9-,10-,11-,12+,13-,14+,15+,16-,17-,18-,19+,20+,21+,22-,23-,24+/m1/s1. The van der Waals surface area contributed by atoms with E-state index in [1.165, 1.54) is 0 Å². The van der Waals surface area contributed by atoms with E-state index >= 15 is 0 Å². The van der Waals surface area contributed by atoms with Gasteiger partial charge in [0.1, 0.15) is 98.2 Å². The maximum Gasteiger partial charge on any atom is 0.224 e. The fraction of sp³-hybridized carbons (Fsp3) is 1.00. The lowest BCUT2D eigenvalue weighted by Crippen LogP contribution is -2.65. The van der Waals surface area contributed by atoms with Gasteiger partial charge in [0.05, 0.1) is 26.4 Å². The highest BCUT2D eigenvalue weighted by molar-refractivity contribution is 4.99. The molecule has 4 aliphatic rings. The summed E-state index contributed by atoms with van der Waals surface area (Å²) >= 11 is 0. The van der Waals surface area contributed by atoms with Gasteiger partial charge in [0.25, 0.3) is 0 Å². The second-order valence-corrected chi connectivity index (χ2v) is 11.2. The molecule has 0 amide bonds. The van der Waals surface area contributed by atoms with Crippen LogP contribution in [0.25, 0.3) is 0 Å². The third kappa shape index (κ3) is 7.15. The zero-order valence-electron chi connectivity index (χ0n) is 23.5. The number of rotatable bonds is 11. The van der Waals surface area contributed by atoms with Gasteiger partial charge in [-0.2, -0.15) is 0 Å². The van der Waals surface area contributed by atoms with Crippen LogP contribution in [0.1, 0.15) is 0 Å². The van der Waals surface area contributed by atoms with Crippen LogP contribution in [0.4, 0.5) is 0 Å². The average Bonchev–Trinajstić information content (AvgIpc) is 3.28. The predicted octanol–water partition coefficient (Wildman–Crippen LogP) is -9.75. The summed E-state index contributed by atoms with van der Waals surface area (Å²) in [6.45, 7) is -4.31. The molecule has 0 aromatic rings. The first kappa shape index (κ1) is 37.0. The van der Waals surface area contributed by atoms with Gasteiger partial charge in [0.15, 0.2) is 18.9 Å². The fourth-order valence-electron chi connectivity index (χ4n) is 5.49. The van der Waals surface area contributed by atoms with Gasteiger partial charge in [-0.15, -0.1) is 0 Å². The molecule has 19 atom stereocenters. The van der Waals surface area contributed by atoms with Crippen LogP contribution in [0.3, 0.4) is 0 Å². The van der Waals surface area contributed by atoms with Crippen molar-refractivity contribution >= 4 is 0 Å². The summed E-state index contributed by atoms with van der Waals surface area (Å²) in [5.74, 6) is -2.44. The number of aliphatic hydroxyl groups is 14. The number of ether oxygens (including phenoxy) is 7. The molecular formula is C24H42O21. The predicted molar refractivity (Wildman–Crippen MR) is 134 cm³/mol. The van der Waals surface area contributed by atoms with Crippen LogP contribution >= 0.6 is 0 Å². The Kier molecular flexibility index (Phi) is 12.5. The van der Waals surface area contributed by atoms with Gasteiger partial charge < -0.3 is 105 Å². The first-order chi connectivity index (χ1) is 21.2. The van der Waals surface area contributed by atoms with E-state index in [-0.39, 0.29) is 0 Å². The van der Waals surface area contributed by atoms with Gasteiger partial charge in [-0.25, -0.2) is 0 Å². The molecule has 4 saturated heterocycles. The molecule has 0 unspecified atom stereocenters. The molecule has 0 aliphatic carbocycles. The molecule has 0 radical (unpaired) electrons. The highest BCUT2D eigenvalue weighted by Gasteiger charge is 2.59. The van der Waals surface area contributed by atoms with E-state index < -0.39 is 149 Å². The van der Waals surface area contributed by atoms with Gasteiger partial charge in [-0.1, -0.05) is 0 Å². The van der Waals surface area contributed by atoms with E-state index in [2.05, 4.69) is 0 Å². The van der Waals surface area contributed by atoms with Crippen LogP contribution < -0.4 is 0 Å². The summed E-state index contributed by atoms with van der Waals surface area (Å²) in [5.41, 5.74) is 0. The molecule has 0 saturated carbocycles. The normalized spacial score (nSPS) is 52.7. The van der Waals surface area contributed by atoms with Crippen molar-refractivity contribution in [2.75, 3.05) is 33.0 Å². The Morgan fingerprint density at radius 2 is 1.00 bits per heavy atom. The Morgan fingerprint density at radius 1 is 0.489 bits per heavy atom. The number of hydrogen-bond acceptors (Lipinski definition) is 21. The molecule has 21 heteroatoms. The van der Waals surface area contributed by atoms with E-state index in [1.54, 1.807) is 0 Å². The van der Waals surface area contributed by atoms with Crippen molar-refractivity contribution in [3.05, 3.63) is 0 Å². The average molecular weight is 667 g/mol. The molecule has 45 heavy (non-hydrogen) atoms. The van der Waals surface area contributed by atoms with Crippen LogP contribution in [-0.4, -0.2) is 221 Å².